The van der Waals surface area contributed by atoms with Crippen molar-refractivity contribution >= 4 is 17.2 Å². The minimum atomic E-state index is -0.0436. The summed E-state index contributed by atoms with van der Waals surface area (Å²) in [4.78, 5) is 21.7. The Balaban J connectivity index is 1.36. The van der Waals surface area contributed by atoms with E-state index in [9.17, 15) is 4.79 Å². The number of hydrogen-bond donors (Lipinski definition) is 0. The topological polar surface area (TPSA) is 66.9 Å². The van der Waals surface area contributed by atoms with Crippen molar-refractivity contribution in [2.24, 2.45) is 0 Å². The molecule has 1 amide bonds. The van der Waals surface area contributed by atoms with E-state index in [1.54, 1.807) is 6.07 Å². The maximum atomic E-state index is 12.7. The summed E-state index contributed by atoms with van der Waals surface area (Å²) >= 11 is 0. The molecule has 2 aliphatic rings. The largest absolute Gasteiger partial charge is 0.456 e. The molecule has 0 spiro atoms. The summed E-state index contributed by atoms with van der Waals surface area (Å²) in [6, 6.07) is 7.76. The number of amides is 1. The number of furan rings is 1. The van der Waals surface area contributed by atoms with Crippen molar-refractivity contribution in [1.29, 1.82) is 0 Å². The summed E-state index contributed by atoms with van der Waals surface area (Å²) in [6.45, 7) is 5.46. The van der Waals surface area contributed by atoms with Crippen molar-refractivity contribution < 1.29 is 9.21 Å². The number of anilines is 1. The summed E-state index contributed by atoms with van der Waals surface area (Å²) in [5.41, 5.74) is 2.07. The van der Waals surface area contributed by atoms with E-state index in [4.69, 9.17) is 14.5 Å². The highest BCUT2D eigenvalue weighted by Crippen LogP contribution is 2.27. The van der Waals surface area contributed by atoms with Gasteiger partial charge in [0.2, 0.25) is 0 Å². The Bertz CT molecular complexity index is 1000. The van der Waals surface area contributed by atoms with E-state index in [0.717, 1.165) is 49.7 Å². The quantitative estimate of drug-likeness (QED) is 0.699. The maximum absolute atomic E-state index is 12.7. The zero-order valence-corrected chi connectivity index (χ0v) is 16.2. The first-order chi connectivity index (χ1) is 13.7. The van der Waals surface area contributed by atoms with Crippen LogP contribution in [0.2, 0.25) is 0 Å². The van der Waals surface area contributed by atoms with Gasteiger partial charge in [0.15, 0.2) is 17.2 Å². The molecule has 5 rings (SSSR count). The van der Waals surface area contributed by atoms with Crippen LogP contribution >= 0.6 is 0 Å². The Morgan fingerprint density at radius 1 is 1.11 bits per heavy atom. The number of aryl methyl sites for hydroxylation is 1. The van der Waals surface area contributed by atoms with Crippen LogP contribution in [0.25, 0.3) is 5.65 Å². The van der Waals surface area contributed by atoms with Crippen LogP contribution in [-0.4, -0.2) is 51.6 Å². The van der Waals surface area contributed by atoms with Gasteiger partial charge in [-0.05, 0) is 56.9 Å². The molecule has 2 aliphatic heterocycles. The molecule has 7 heteroatoms. The fourth-order valence-electron chi connectivity index (χ4n) is 4.30. The molecule has 7 nitrogen and oxygen atoms in total. The summed E-state index contributed by atoms with van der Waals surface area (Å²) in [5, 5.41) is 4.76. The molecule has 0 aliphatic carbocycles. The van der Waals surface area contributed by atoms with Crippen LogP contribution in [0.5, 0.6) is 0 Å². The van der Waals surface area contributed by atoms with Gasteiger partial charge in [-0.15, -0.1) is 0 Å². The maximum Gasteiger partial charge on any atom is 0.289 e. The van der Waals surface area contributed by atoms with Gasteiger partial charge in [0, 0.05) is 32.1 Å². The molecule has 0 N–H and O–H groups in total. The van der Waals surface area contributed by atoms with Crippen LogP contribution < -0.4 is 4.90 Å². The third kappa shape index (κ3) is 3.15. The highest BCUT2D eigenvalue weighted by atomic mass is 16.3. The average Bonchev–Trinajstić information content (AvgIpc) is 3.47. The van der Waals surface area contributed by atoms with Crippen molar-refractivity contribution in [3.05, 3.63) is 47.8 Å². The number of carbonyl (C=O) groups is 1. The molecule has 1 atom stereocenters. The highest BCUT2D eigenvalue weighted by Gasteiger charge is 2.29. The molecule has 2 fully saturated rings. The number of hydrogen-bond acceptors (Lipinski definition) is 5. The summed E-state index contributed by atoms with van der Waals surface area (Å²) in [5.74, 6) is 2.11. The van der Waals surface area contributed by atoms with Crippen molar-refractivity contribution in [3.8, 4) is 0 Å². The predicted octanol–water partition coefficient (Wildman–Crippen LogP) is 3.25. The van der Waals surface area contributed by atoms with E-state index in [2.05, 4.69) is 17.2 Å². The molecule has 146 valence electrons. The number of rotatable bonds is 3. The van der Waals surface area contributed by atoms with Gasteiger partial charge >= 0.3 is 0 Å². The van der Waals surface area contributed by atoms with Crippen LogP contribution in [0, 0.1) is 6.92 Å². The van der Waals surface area contributed by atoms with E-state index in [-0.39, 0.29) is 11.8 Å². The Morgan fingerprint density at radius 3 is 2.75 bits per heavy atom. The minimum Gasteiger partial charge on any atom is -0.456 e. The molecular weight excluding hydrogens is 354 g/mol. The van der Waals surface area contributed by atoms with E-state index in [1.807, 2.05) is 28.5 Å². The molecule has 0 radical (unpaired) electrons. The first-order valence-electron chi connectivity index (χ1n) is 10.1. The molecule has 0 bridgehead atoms. The van der Waals surface area contributed by atoms with Gasteiger partial charge in [-0.1, -0.05) is 0 Å². The van der Waals surface area contributed by atoms with Gasteiger partial charge in [0.25, 0.3) is 5.91 Å². The SMILES string of the molecule is Cc1ccc(C(=O)N2CCC[C@H](c3nc4ccc(N5CCCC5)cn4n3)C2)o1. The van der Waals surface area contributed by atoms with Crippen LogP contribution in [0.1, 0.15) is 53.7 Å². The van der Waals surface area contributed by atoms with Gasteiger partial charge in [-0.3, -0.25) is 4.79 Å². The predicted molar refractivity (Wildman–Crippen MR) is 106 cm³/mol. The molecule has 5 heterocycles. The summed E-state index contributed by atoms with van der Waals surface area (Å²) in [6.07, 6.45) is 6.53. The average molecular weight is 379 g/mol. The van der Waals surface area contributed by atoms with Crippen molar-refractivity contribution in [2.75, 3.05) is 31.1 Å². The number of carbonyl (C=O) groups excluding carboxylic acids is 1. The second kappa shape index (κ2) is 6.96. The van der Waals surface area contributed by atoms with Crippen LogP contribution in [0.3, 0.4) is 0 Å². The van der Waals surface area contributed by atoms with Gasteiger partial charge in [-0.2, -0.15) is 5.10 Å². The molecule has 28 heavy (non-hydrogen) atoms. The Kier molecular flexibility index (Phi) is 4.30. The highest BCUT2D eigenvalue weighted by molar-refractivity contribution is 5.91. The van der Waals surface area contributed by atoms with Gasteiger partial charge in [-0.25, -0.2) is 9.50 Å². The fraction of sp³-hybridized carbons (Fsp3) is 0.476. The van der Waals surface area contributed by atoms with E-state index in [0.29, 0.717) is 12.3 Å². The molecule has 0 saturated carbocycles. The lowest BCUT2D eigenvalue weighted by molar-refractivity contribution is 0.0671. The van der Waals surface area contributed by atoms with Gasteiger partial charge < -0.3 is 14.2 Å². The Hall–Kier alpha value is -2.83. The van der Waals surface area contributed by atoms with Crippen molar-refractivity contribution in [2.45, 2.75) is 38.5 Å². The molecule has 0 unspecified atom stereocenters. The summed E-state index contributed by atoms with van der Waals surface area (Å²) in [7, 11) is 0. The third-order valence-electron chi connectivity index (χ3n) is 5.83. The zero-order valence-electron chi connectivity index (χ0n) is 16.2. The van der Waals surface area contributed by atoms with E-state index < -0.39 is 0 Å². The summed E-state index contributed by atoms with van der Waals surface area (Å²) < 4.78 is 7.41. The number of aromatic nitrogens is 3. The molecule has 3 aromatic rings. The Labute approximate surface area is 163 Å². The first kappa shape index (κ1) is 17.3. The number of pyridine rings is 1. The second-order valence-corrected chi connectivity index (χ2v) is 7.85. The molecular formula is C21H25N5O2. The van der Waals surface area contributed by atoms with Crippen molar-refractivity contribution in [1.82, 2.24) is 19.5 Å². The second-order valence-electron chi connectivity index (χ2n) is 7.85. The van der Waals surface area contributed by atoms with Gasteiger partial charge in [0.1, 0.15) is 5.76 Å². The third-order valence-corrected chi connectivity index (χ3v) is 5.83. The smallest absolute Gasteiger partial charge is 0.289 e. The normalized spacial score (nSPS) is 20.2. The van der Waals surface area contributed by atoms with Crippen molar-refractivity contribution in [3.63, 3.8) is 0 Å². The number of nitrogens with zero attached hydrogens (tertiary/aromatic N) is 5. The van der Waals surface area contributed by atoms with E-state index >= 15 is 0 Å². The monoisotopic (exact) mass is 379 g/mol. The molecule has 2 saturated heterocycles. The standard InChI is InChI=1S/C21H25N5O2/c1-15-6-8-18(28-15)21(27)25-12-4-5-16(13-25)20-22-19-9-7-17(14-26(19)23-20)24-10-2-3-11-24/h6-9,14,16H,2-5,10-13H2,1H3/t16-/m0/s1. The van der Waals surface area contributed by atoms with Crippen LogP contribution in [0.4, 0.5) is 5.69 Å². The zero-order chi connectivity index (χ0) is 19.1. The number of fused-ring (bicyclic) bond motifs is 1. The lowest BCUT2D eigenvalue weighted by Gasteiger charge is -2.30. The lowest BCUT2D eigenvalue weighted by Crippen LogP contribution is -2.39. The van der Waals surface area contributed by atoms with E-state index in [1.165, 1.54) is 18.5 Å². The first-order valence-corrected chi connectivity index (χ1v) is 10.1. The molecule has 0 aromatic carbocycles. The molecule has 3 aromatic heterocycles. The van der Waals surface area contributed by atoms with Crippen LogP contribution in [-0.2, 0) is 0 Å². The van der Waals surface area contributed by atoms with Gasteiger partial charge in [0.05, 0.1) is 11.9 Å². The number of likely N-dealkylation sites (tertiary alicyclic amines) is 1. The number of piperidine rings is 1. The fourth-order valence-corrected chi connectivity index (χ4v) is 4.30. The minimum absolute atomic E-state index is 0.0436. The lowest BCUT2D eigenvalue weighted by atomic mass is 9.97. The Morgan fingerprint density at radius 2 is 1.96 bits per heavy atom. The van der Waals surface area contributed by atoms with Crippen LogP contribution in [0.15, 0.2) is 34.9 Å².